The number of rotatable bonds is 6. The van der Waals surface area contributed by atoms with Crippen molar-refractivity contribution in [3.05, 3.63) is 0 Å². The first-order valence-corrected chi connectivity index (χ1v) is 8.25. The number of hydrogen-bond acceptors (Lipinski definition) is 5. The van der Waals surface area contributed by atoms with Crippen LogP contribution in [0.1, 0.15) is 41.5 Å². The molecule has 0 radical (unpaired) electrons. The van der Waals surface area contributed by atoms with E-state index in [0.29, 0.717) is 31.3 Å². The van der Waals surface area contributed by atoms with Gasteiger partial charge in [-0.15, -0.1) is 0 Å². The second-order valence-corrected chi connectivity index (χ2v) is 7.45. The van der Waals surface area contributed by atoms with Gasteiger partial charge in [-0.3, -0.25) is 0 Å². The molecule has 0 aromatic carbocycles. The van der Waals surface area contributed by atoms with Crippen LogP contribution in [0.3, 0.4) is 0 Å². The Bertz CT molecular complexity index is 392. The minimum atomic E-state index is -0.518. The molecule has 9 heteroatoms. The maximum Gasteiger partial charge on any atom is 0.407 e. The number of thiocarbonyl (C=S) groups is 1. The van der Waals surface area contributed by atoms with Crippen LogP contribution in [0.15, 0.2) is 0 Å². The fourth-order valence-corrected chi connectivity index (χ4v) is 1.58. The van der Waals surface area contributed by atoms with Gasteiger partial charge in [-0.1, -0.05) is 0 Å². The zero-order valence-corrected chi connectivity index (χ0v) is 16.2. The van der Waals surface area contributed by atoms with Gasteiger partial charge in [0.1, 0.15) is 11.2 Å². The summed E-state index contributed by atoms with van der Waals surface area (Å²) in [5, 5.41) is 11.5. The monoisotopic (exact) mass is 362 g/mol. The van der Waals surface area contributed by atoms with Gasteiger partial charge in [-0.05, 0) is 53.8 Å². The van der Waals surface area contributed by atoms with Gasteiger partial charge in [0.2, 0.25) is 0 Å². The van der Waals surface area contributed by atoms with Crippen molar-refractivity contribution in [2.45, 2.75) is 52.7 Å². The smallest absolute Gasteiger partial charge is 0.407 e. The fourth-order valence-electron chi connectivity index (χ4n) is 1.37. The van der Waals surface area contributed by atoms with E-state index in [0.717, 1.165) is 0 Å². The molecule has 4 N–H and O–H groups in total. The van der Waals surface area contributed by atoms with E-state index in [4.69, 9.17) is 21.7 Å². The zero-order valence-electron chi connectivity index (χ0n) is 15.4. The van der Waals surface area contributed by atoms with Crippen LogP contribution in [0.4, 0.5) is 9.59 Å². The zero-order chi connectivity index (χ0) is 18.8. The van der Waals surface area contributed by atoms with Crippen molar-refractivity contribution in [2.75, 3.05) is 26.2 Å². The summed E-state index contributed by atoms with van der Waals surface area (Å²) in [6.07, 6.45) is -0.936. The topological polar surface area (TPSA) is 101 Å². The molecule has 0 fully saturated rings. The number of alkyl carbamates (subject to hydrolysis) is 2. The summed E-state index contributed by atoms with van der Waals surface area (Å²) in [7, 11) is 0. The maximum atomic E-state index is 11.4. The molecule has 0 saturated carbocycles. The molecule has 2 amide bonds. The normalized spacial score (nSPS) is 11.2. The van der Waals surface area contributed by atoms with E-state index in [1.54, 1.807) is 41.5 Å². The number of carbonyl (C=O) groups excluding carboxylic acids is 2. The Kier molecular flexibility index (Phi) is 9.42. The van der Waals surface area contributed by atoms with E-state index >= 15 is 0 Å². The lowest BCUT2D eigenvalue weighted by atomic mass is 10.2. The highest BCUT2D eigenvalue weighted by Gasteiger charge is 2.16. The van der Waals surface area contributed by atoms with Gasteiger partial charge in [-0.2, -0.15) is 0 Å². The number of hydrogen-bond donors (Lipinski definition) is 4. The number of nitrogens with one attached hydrogen (secondary N) is 4. The van der Waals surface area contributed by atoms with Crippen molar-refractivity contribution in [1.29, 1.82) is 0 Å². The summed E-state index contributed by atoms with van der Waals surface area (Å²) < 4.78 is 10.2. The van der Waals surface area contributed by atoms with E-state index in [1.807, 2.05) is 0 Å². The number of ether oxygens (including phenoxy) is 2. The third kappa shape index (κ3) is 15.1. The molecule has 0 aliphatic rings. The van der Waals surface area contributed by atoms with Crippen LogP contribution in [0.25, 0.3) is 0 Å². The van der Waals surface area contributed by atoms with Gasteiger partial charge >= 0.3 is 12.2 Å². The Morgan fingerprint density at radius 2 is 1.00 bits per heavy atom. The fraction of sp³-hybridized carbons (Fsp3) is 0.800. The van der Waals surface area contributed by atoms with E-state index in [9.17, 15) is 9.59 Å². The minimum Gasteiger partial charge on any atom is -0.444 e. The second-order valence-electron chi connectivity index (χ2n) is 7.04. The third-order valence-electron chi connectivity index (χ3n) is 2.16. The lowest BCUT2D eigenvalue weighted by Gasteiger charge is -2.20. The molecule has 24 heavy (non-hydrogen) atoms. The van der Waals surface area contributed by atoms with Crippen LogP contribution in [0.5, 0.6) is 0 Å². The maximum absolute atomic E-state index is 11.4. The lowest BCUT2D eigenvalue weighted by molar-refractivity contribution is 0.0518. The van der Waals surface area contributed by atoms with Crippen LogP contribution in [0.2, 0.25) is 0 Å². The van der Waals surface area contributed by atoms with E-state index in [2.05, 4.69) is 21.3 Å². The summed E-state index contributed by atoms with van der Waals surface area (Å²) in [6.45, 7) is 12.5. The summed E-state index contributed by atoms with van der Waals surface area (Å²) in [6, 6.07) is 0. The Labute approximate surface area is 149 Å². The molecule has 0 spiro atoms. The molecular weight excluding hydrogens is 332 g/mol. The average molecular weight is 362 g/mol. The average Bonchev–Trinajstić information content (AvgIpc) is 2.35. The van der Waals surface area contributed by atoms with Crippen molar-refractivity contribution < 1.29 is 19.1 Å². The molecule has 0 saturated heterocycles. The predicted molar refractivity (Wildman–Crippen MR) is 97.1 cm³/mol. The highest BCUT2D eigenvalue weighted by molar-refractivity contribution is 7.80. The SMILES string of the molecule is CC(C)(C)OC(=O)NCCNC(=S)NCCNC(=O)OC(C)(C)C. The molecular formula is C15H30N4O4S. The summed E-state index contributed by atoms with van der Waals surface area (Å²) >= 11 is 5.08. The lowest BCUT2D eigenvalue weighted by Crippen LogP contribution is -2.43. The Hall–Kier alpha value is -1.77. The molecule has 0 atom stereocenters. The van der Waals surface area contributed by atoms with Crippen LogP contribution in [-0.2, 0) is 9.47 Å². The van der Waals surface area contributed by atoms with Crippen LogP contribution >= 0.6 is 12.2 Å². The molecule has 0 aliphatic heterocycles. The van der Waals surface area contributed by atoms with Crippen molar-refractivity contribution in [2.24, 2.45) is 0 Å². The Morgan fingerprint density at radius 3 is 1.29 bits per heavy atom. The predicted octanol–water partition coefficient (Wildman–Crippen LogP) is 1.50. The van der Waals surface area contributed by atoms with Crippen LogP contribution < -0.4 is 21.3 Å². The van der Waals surface area contributed by atoms with Crippen molar-refractivity contribution in [1.82, 2.24) is 21.3 Å². The molecule has 0 rings (SSSR count). The molecule has 8 nitrogen and oxygen atoms in total. The van der Waals surface area contributed by atoms with E-state index in [1.165, 1.54) is 0 Å². The summed E-state index contributed by atoms with van der Waals surface area (Å²) in [5.74, 6) is 0. The summed E-state index contributed by atoms with van der Waals surface area (Å²) in [5.41, 5.74) is -1.04. The van der Waals surface area contributed by atoms with Gasteiger partial charge in [0.25, 0.3) is 0 Å². The minimum absolute atomic E-state index is 0.382. The number of amides is 2. The standard InChI is InChI=1S/C15H30N4O4S/c1-14(2,3)22-12(20)18-9-7-16-11(24)17-8-10-19-13(21)23-15(4,5)6/h7-10H2,1-6H3,(H,18,20)(H,19,21)(H2,16,17,24). The van der Waals surface area contributed by atoms with Crippen molar-refractivity contribution >= 4 is 29.5 Å². The first-order valence-electron chi connectivity index (χ1n) is 7.84. The third-order valence-corrected chi connectivity index (χ3v) is 2.45. The van der Waals surface area contributed by atoms with Gasteiger partial charge < -0.3 is 30.7 Å². The van der Waals surface area contributed by atoms with Crippen LogP contribution in [0, 0.1) is 0 Å². The molecule has 0 unspecified atom stereocenters. The van der Waals surface area contributed by atoms with Crippen LogP contribution in [-0.4, -0.2) is 54.7 Å². The largest absolute Gasteiger partial charge is 0.444 e. The second kappa shape index (κ2) is 10.2. The first kappa shape index (κ1) is 22.2. The summed E-state index contributed by atoms with van der Waals surface area (Å²) in [4.78, 5) is 22.8. The Balaban J connectivity index is 3.64. The molecule has 0 aromatic heterocycles. The number of carbonyl (C=O) groups is 2. The Morgan fingerprint density at radius 1 is 0.708 bits per heavy atom. The first-order chi connectivity index (χ1) is 10.9. The van der Waals surface area contributed by atoms with E-state index in [-0.39, 0.29) is 0 Å². The van der Waals surface area contributed by atoms with Gasteiger partial charge in [0.15, 0.2) is 5.11 Å². The van der Waals surface area contributed by atoms with E-state index < -0.39 is 23.4 Å². The molecule has 0 heterocycles. The van der Waals surface area contributed by atoms with Crippen molar-refractivity contribution in [3.63, 3.8) is 0 Å². The molecule has 0 aromatic rings. The molecule has 140 valence electrons. The van der Waals surface area contributed by atoms with Gasteiger partial charge in [-0.25, -0.2) is 9.59 Å². The van der Waals surface area contributed by atoms with Crippen molar-refractivity contribution in [3.8, 4) is 0 Å². The highest BCUT2D eigenvalue weighted by atomic mass is 32.1. The molecule has 0 aliphatic carbocycles. The highest BCUT2D eigenvalue weighted by Crippen LogP contribution is 2.06. The quantitative estimate of drug-likeness (QED) is 0.420. The van der Waals surface area contributed by atoms with Gasteiger partial charge in [0, 0.05) is 26.2 Å². The molecule has 0 bridgehead atoms. The van der Waals surface area contributed by atoms with Gasteiger partial charge in [0.05, 0.1) is 0 Å².